The van der Waals surface area contributed by atoms with E-state index in [0.29, 0.717) is 0 Å². The number of nitrogens with zero attached hydrogens (tertiary/aromatic N) is 2. The van der Waals surface area contributed by atoms with Crippen LogP contribution in [0.25, 0.3) is 112 Å². The third-order valence-electron chi connectivity index (χ3n) is 11.0. The number of benzene rings is 8. The highest BCUT2D eigenvalue weighted by molar-refractivity contribution is 7.26. The van der Waals surface area contributed by atoms with Gasteiger partial charge in [0, 0.05) is 57.3 Å². The minimum atomic E-state index is 0.965. The Balaban J connectivity index is 1.11. The molecular weight excluding hydrogens is 681 g/mol. The molecule has 0 amide bonds. The zero-order valence-corrected chi connectivity index (χ0v) is 30.0. The summed E-state index contributed by atoms with van der Waals surface area (Å²) in [5.74, 6) is 0. The molecule has 0 spiro atoms. The lowest BCUT2D eigenvalue weighted by atomic mass is 9.91. The van der Waals surface area contributed by atoms with Crippen LogP contribution in [0.3, 0.4) is 0 Å². The molecule has 0 N–H and O–H groups in total. The van der Waals surface area contributed by atoms with E-state index in [2.05, 4.69) is 174 Å². The van der Waals surface area contributed by atoms with Gasteiger partial charge in [-0.25, -0.2) is 4.98 Å². The van der Waals surface area contributed by atoms with E-state index in [4.69, 9.17) is 4.98 Å². The number of thiophene rings is 2. The van der Waals surface area contributed by atoms with Crippen LogP contribution in [0.5, 0.6) is 0 Å². The van der Waals surface area contributed by atoms with Crippen molar-refractivity contribution in [2.75, 3.05) is 0 Å². The molecule has 12 aromatic rings. The van der Waals surface area contributed by atoms with E-state index < -0.39 is 0 Å². The summed E-state index contributed by atoms with van der Waals surface area (Å²) >= 11 is 3.74. The van der Waals surface area contributed by atoms with Crippen molar-refractivity contribution >= 4 is 101 Å². The Bertz CT molecular complexity index is 3470. The van der Waals surface area contributed by atoms with Crippen LogP contribution in [-0.4, -0.2) is 9.38 Å². The maximum absolute atomic E-state index is 5.10. The summed E-state index contributed by atoms with van der Waals surface area (Å²) in [4.78, 5) is 5.10. The molecule has 0 saturated heterocycles. The number of pyridine rings is 1. The first kappa shape index (κ1) is 29.3. The highest BCUT2D eigenvalue weighted by atomic mass is 32.1. The molecule has 4 heteroatoms. The second-order valence-corrected chi connectivity index (χ2v) is 16.1. The molecule has 0 unspecified atom stereocenters. The van der Waals surface area contributed by atoms with E-state index >= 15 is 0 Å². The Kier molecular flexibility index (Phi) is 6.12. The first-order valence-electron chi connectivity index (χ1n) is 17.9. The van der Waals surface area contributed by atoms with Gasteiger partial charge in [0.05, 0.1) is 11.0 Å². The molecule has 0 saturated carbocycles. The minimum Gasteiger partial charge on any atom is -0.299 e. The van der Waals surface area contributed by atoms with E-state index in [1.165, 1.54) is 95.3 Å². The first-order valence-corrected chi connectivity index (χ1v) is 19.6. The zero-order chi connectivity index (χ0) is 34.6. The number of hydrogen-bond acceptors (Lipinski definition) is 3. The summed E-state index contributed by atoms with van der Waals surface area (Å²) in [5.41, 5.74) is 10.5. The van der Waals surface area contributed by atoms with Crippen LogP contribution in [0.15, 0.2) is 170 Å². The van der Waals surface area contributed by atoms with Gasteiger partial charge < -0.3 is 0 Å². The predicted octanol–water partition coefficient (Wildman–Crippen LogP) is 14.5. The lowest BCUT2D eigenvalue weighted by Gasteiger charge is -2.14. The van der Waals surface area contributed by atoms with E-state index in [-0.39, 0.29) is 0 Å². The first-order chi connectivity index (χ1) is 26.2. The average Bonchev–Trinajstić information content (AvgIpc) is 3.92. The third-order valence-corrected chi connectivity index (χ3v) is 13.3. The monoisotopic (exact) mass is 708 g/mol. The van der Waals surface area contributed by atoms with Gasteiger partial charge in [0.2, 0.25) is 0 Å². The normalized spacial score (nSPS) is 12.2. The van der Waals surface area contributed by atoms with Gasteiger partial charge in [-0.2, -0.15) is 0 Å². The maximum Gasteiger partial charge on any atom is 0.137 e. The van der Waals surface area contributed by atoms with Crippen LogP contribution in [0.2, 0.25) is 0 Å². The van der Waals surface area contributed by atoms with Gasteiger partial charge in [-0.15, -0.1) is 22.7 Å². The molecule has 12 rings (SSSR count). The largest absolute Gasteiger partial charge is 0.299 e. The second-order valence-electron chi connectivity index (χ2n) is 14.0. The van der Waals surface area contributed by atoms with Gasteiger partial charge in [-0.3, -0.25) is 4.40 Å². The van der Waals surface area contributed by atoms with Crippen LogP contribution in [-0.2, 0) is 0 Å². The fraction of sp³-hybridized carbons (Fsp3) is 0. The average molecular weight is 709 g/mol. The van der Waals surface area contributed by atoms with Crippen LogP contribution in [0, 0.1) is 0 Å². The van der Waals surface area contributed by atoms with E-state index in [1.54, 1.807) is 0 Å². The molecular formula is C49H28N2S2. The fourth-order valence-electron chi connectivity index (χ4n) is 8.46. The van der Waals surface area contributed by atoms with Crippen LogP contribution in [0.4, 0.5) is 0 Å². The molecule has 4 heterocycles. The standard InChI is InChI=1S/C49H28N2S2/c1-2-12-39-35(9-1)41-26-29(17-20-40(41)49-48(39)50-47-15-7-8-22-51(47)49)32-23-33(30-18-21-45-42(27-30)37-11-4-6-14-44(37)52-45)25-34(24-32)31-16-19-38-36-10-3-5-13-43(36)53-46(38)28-31/h1-28H. The molecule has 0 radical (unpaired) electrons. The molecule has 0 aliphatic rings. The molecule has 0 bridgehead atoms. The summed E-state index contributed by atoms with van der Waals surface area (Å²) in [6.07, 6.45) is 2.13. The van der Waals surface area contributed by atoms with Gasteiger partial charge in [0.1, 0.15) is 5.65 Å². The number of imidazole rings is 1. The number of rotatable bonds is 3. The van der Waals surface area contributed by atoms with Crippen molar-refractivity contribution in [2.24, 2.45) is 0 Å². The van der Waals surface area contributed by atoms with Gasteiger partial charge >= 0.3 is 0 Å². The lowest BCUT2D eigenvalue weighted by molar-refractivity contribution is 1.23. The minimum absolute atomic E-state index is 0.965. The van der Waals surface area contributed by atoms with Gasteiger partial charge in [0.25, 0.3) is 0 Å². The SMILES string of the molecule is c1ccc2c(c1)sc1cc(-c3cc(-c4ccc5sc6ccccc6c5c4)cc(-c4ccc5c(c4)c4ccccc4c4nc6ccccn6c54)c3)ccc12. The van der Waals surface area contributed by atoms with Crippen molar-refractivity contribution in [3.63, 3.8) is 0 Å². The summed E-state index contributed by atoms with van der Waals surface area (Å²) in [5, 5.41) is 10.1. The predicted molar refractivity (Wildman–Crippen MR) is 230 cm³/mol. The van der Waals surface area contributed by atoms with E-state index in [1.807, 2.05) is 22.7 Å². The van der Waals surface area contributed by atoms with Crippen molar-refractivity contribution in [3.8, 4) is 33.4 Å². The summed E-state index contributed by atoms with van der Waals surface area (Å²) in [6, 6.07) is 60.6. The number of aromatic nitrogens is 2. The summed E-state index contributed by atoms with van der Waals surface area (Å²) in [7, 11) is 0. The molecule has 53 heavy (non-hydrogen) atoms. The Labute approximate surface area is 312 Å². The topological polar surface area (TPSA) is 17.3 Å². The summed E-state index contributed by atoms with van der Waals surface area (Å²) < 4.78 is 7.53. The second kappa shape index (κ2) is 11.1. The van der Waals surface area contributed by atoms with E-state index in [0.717, 1.165) is 16.7 Å². The van der Waals surface area contributed by atoms with Gasteiger partial charge in [0.15, 0.2) is 0 Å². The smallest absolute Gasteiger partial charge is 0.137 e. The molecule has 4 aromatic heterocycles. The Hall–Kier alpha value is -6.33. The Morgan fingerprint density at radius 2 is 0.868 bits per heavy atom. The van der Waals surface area contributed by atoms with Crippen LogP contribution in [0.1, 0.15) is 0 Å². The van der Waals surface area contributed by atoms with Crippen LogP contribution < -0.4 is 0 Å². The Morgan fingerprint density at radius 1 is 0.340 bits per heavy atom. The van der Waals surface area contributed by atoms with Crippen molar-refractivity contribution in [1.29, 1.82) is 0 Å². The molecule has 246 valence electrons. The fourth-order valence-corrected chi connectivity index (χ4v) is 10.7. The molecule has 0 aliphatic heterocycles. The lowest BCUT2D eigenvalue weighted by Crippen LogP contribution is -1.89. The van der Waals surface area contributed by atoms with Crippen LogP contribution >= 0.6 is 22.7 Å². The van der Waals surface area contributed by atoms with Gasteiger partial charge in [-0.1, -0.05) is 97.1 Å². The highest BCUT2D eigenvalue weighted by Crippen LogP contribution is 2.42. The van der Waals surface area contributed by atoms with Crippen molar-refractivity contribution in [2.45, 2.75) is 0 Å². The van der Waals surface area contributed by atoms with Crippen molar-refractivity contribution < 1.29 is 0 Å². The molecule has 0 atom stereocenters. The Morgan fingerprint density at radius 3 is 1.62 bits per heavy atom. The molecule has 0 fully saturated rings. The number of hydrogen-bond donors (Lipinski definition) is 0. The summed E-state index contributed by atoms with van der Waals surface area (Å²) in [6.45, 7) is 0. The number of fused-ring (bicyclic) bond motifs is 14. The third kappa shape index (κ3) is 4.40. The highest BCUT2D eigenvalue weighted by Gasteiger charge is 2.17. The van der Waals surface area contributed by atoms with Crippen molar-refractivity contribution in [3.05, 3.63) is 170 Å². The molecule has 2 nitrogen and oxygen atoms in total. The quantitative estimate of drug-likeness (QED) is 0.167. The molecule has 8 aromatic carbocycles. The molecule has 0 aliphatic carbocycles. The van der Waals surface area contributed by atoms with Crippen molar-refractivity contribution in [1.82, 2.24) is 9.38 Å². The van der Waals surface area contributed by atoms with Gasteiger partial charge in [-0.05, 0) is 111 Å². The van der Waals surface area contributed by atoms with E-state index in [9.17, 15) is 0 Å². The maximum atomic E-state index is 5.10. The zero-order valence-electron chi connectivity index (χ0n) is 28.4.